The number of rotatable bonds is 57. The molecule has 6 heteroatoms. The highest BCUT2D eigenvalue weighted by Gasteiger charge is 2.34. The third kappa shape index (κ3) is 55.3. The minimum Gasteiger partial charge on any atom is -0.465 e. The van der Waals surface area contributed by atoms with Crippen molar-refractivity contribution in [3.8, 4) is 0 Å². The van der Waals surface area contributed by atoms with E-state index in [1.54, 1.807) is 0 Å². The average molecular weight is 995 g/mol. The van der Waals surface area contributed by atoms with Crippen LogP contribution < -0.4 is 0 Å². The maximum Gasteiger partial charge on any atom is 0.305 e. The molecule has 0 spiro atoms. The van der Waals surface area contributed by atoms with Crippen LogP contribution in [-0.4, -0.2) is 77.8 Å². The third-order valence-electron chi connectivity index (χ3n) is 13.2. The van der Waals surface area contributed by atoms with Gasteiger partial charge in [-0.1, -0.05) is 209 Å². The largest absolute Gasteiger partial charge is 0.465 e. The number of carbonyl (C=O) groups is 1. The Morgan fingerprint density at radius 3 is 0.930 bits per heavy atom. The molecular formula is C65H119NO5. The van der Waals surface area contributed by atoms with Crippen molar-refractivity contribution in [1.82, 2.24) is 4.90 Å². The predicted octanol–water partition coefficient (Wildman–Crippen LogP) is 19.3. The topological polar surface area (TPSA) is 57.2 Å². The van der Waals surface area contributed by atoms with Crippen LogP contribution in [0.4, 0.5) is 0 Å². The number of allylic oxidation sites excluding steroid dienone is 12. The SMILES string of the molecule is CCCCC/C=C\C/C=C\CCCCCCCCOCC(COCCCCCCCC/C=C\C/C=C\CCCCC)(COCCCCCCCC/C=C\C/C=C\CCCCC)COC(=O)CCCN(C)C. The summed E-state index contributed by atoms with van der Waals surface area (Å²) in [5.41, 5.74) is -0.522. The number of unbranched alkanes of at least 4 members (excludes halogenated alkanes) is 27. The molecule has 0 aromatic carbocycles. The normalized spacial score (nSPS) is 12.6. The summed E-state index contributed by atoms with van der Waals surface area (Å²) in [6, 6.07) is 0. The fourth-order valence-electron chi connectivity index (χ4n) is 8.54. The molecule has 0 saturated heterocycles. The summed E-state index contributed by atoms with van der Waals surface area (Å²) >= 11 is 0. The molecule has 0 aliphatic carbocycles. The molecule has 0 aromatic rings. The number of carbonyl (C=O) groups excluding carboxylic acids is 1. The number of hydrogen-bond acceptors (Lipinski definition) is 6. The van der Waals surface area contributed by atoms with Gasteiger partial charge in [0.05, 0.1) is 25.2 Å². The van der Waals surface area contributed by atoms with Gasteiger partial charge in [-0.05, 0) is 143 Å². The van der Waals surface area contributed by atoms with Crippen LogP contribution in [0.5, 0.6) is 0 Å². The zero-order valence-electron chi connectivity index (χ0n) is 47.9. The highest BCUT2D eigenvalue weighted by molar-refractivity contribution is 5.69. The molecule has 0 heterocycles. The van der Waals surface area contributed by atoms with Gasteiger partial charge in [0.1, 0.15) is 6.61 Å². The number of hydrogen-bond donors (Lipinski definition) is 0. The first-order valence-corrected chi connectivity index (χ1v) is 30.4. The first-order chi connectivity index (χ1) is 35.0. The lowest BCUT2D eigenvalue weighted by Crippen LogP contribution is -2.42. The molecule has 6 nitrogen and oxygen atoms in total. The summed E-state index contributed by atoms with van der Waals surface area (Å²) in [6.45, 7) is 11.5. The second-order valence-electron chi connectivity index (χ2n) is 21.0. The van der Waals surface area contributed by atoms with Crippen molar-refractivity contribution >= 4 is 5.97 Å². The molecule has 0 aromatic heterocycles. The maximum absolute atomic E-state index is 13.0. The van der Waals surface area contributed by atoms with Gasteiger partial charge in [-0.25, -0.2) is 0 Å². The molecule has 0 unspecified atom stereocenters. The fourth-order valence-corrected chi connectivity index (χ4v) is 8.54. The van der Waals surface area contributed by atoms with Gasteiger partial charge in [0.25, 0.3) is 0 Å². The van der Waals surface area contributed by atoms with Crippen molar-refractivity contribution in [2.45, 2.75) is 265 Å². The van der Waals surface area contributed by atoms with Crippen LogP contribution in [0.1, 0.15) is 265 Å². The lowest BCUT2D eigenvalue weighted by Gasteiger charge is -2.33. The van der Waals surface area contributed by atoms with E-state index in [0.29, 0.717) is 46.1 Å². The molecule has 414 valence electrons. The zero-order valence-corrected chi connectivity index (χ0v) is 47.9. The molecule has 0 aliphatic rings. The Balaban J connectivity index is 4.99. The van der Waals surface area contributed by atoms with Crippen molar-refractivity contribution < 1.29 is 23.7 Å². The maximum atomic E-state index is 13.0. The van der Waals surface area contributed by atoms with Crippen LogP contribution in [-0.2, 0) is 23.7 Å². The van der Waals surface area contributed by atoms with E-state index >= 15 is 0 Å². The fraction of sp³-hybridized carbons (Fsp3) is 0.800. The van der Waals surface area contributed by atoms with Crippen LogP contribution in [0.25, 0.3) is 0 Å². The summed E-state index contributed by atoms with van der Waals surface area (Å²) in [5, 5.41) is 0. The van der Waals surface area contributed by atoms with Gasteiger partial charge in [-0.3, -0.25) is 4.79 Å². The van der Waals surface area contributed by atoms with E-state index in [9.17, 15) is 4.79 Å². The smallest absolute Gasteiger partial charge is 0.305 e. The highest BCUT2D eigenvalue weighted by Crippen LogP contribution is 2.23. The molecule has 0 amide bonds. The second kappa shape index (κ2) is 58.6. The van der Waals surface area contributed by atoms with Gasteiger partial charge in [-0.2, -0.15) is 0 Å². The molecule has 0 N–H and O–H groups in total. The van der Waals surface area contributed by atoms with Gasteiger partial charge in [0.2, 0.25) is 0 Å². The molecule has 0 fully saturated rings. The molecule has 0 atom stereocenters. The summed E-state index contributed by atoms with van der Waals surface area (Å²) in [6.07, 6.45) is 73.5. The first-order valence-electron chi connectivity index (χ1n) is 30.4. The predicted molar refractivity (Wildman–Crippen MR) is 312 cm³/mol. The Bertz CT molecular complexity index is 1120. The van der Waals surface area contributed by atoms with Crippen LogP contribution >= 0.6 is 0 Å². The number of esters is 1. The molecule has 0 bridgehead atoms. The molecule has 0 radical (unpaired) electrons. The summed E-state index contributed by atoms with van der Waals surface area (Å²) in [4.78, 5) is 15.1. The van der Waals surface area contributed by atoms with Crippen molar-refractivity contribution in [3.63, 3.8) is 0 Å². The summed E-state index contributed by atoms with van der Waals surface area (Å²) in [7, 11) is 4.09. The van der Waals surface area contributed by atoms with E-state index in [2.05, 4.69) is 98.6 Å². The lowest BCUT2D eigenvalue weighted by atomic mass is 9.92. The van der Waals surface area contributed by atoms with Gasteiger partial charge >= 0.3 is 5.97 Å². The van der Waals surface area contributed by atoms with E-state index in [1.165, 1.54) is 193 Å². The number of ether oxygens (including phenoxy) is 4. The summed E-state index contributed by atoms with van der Waals surface area (Å²) in [5.74, 6) is -0.142. The van der Waals surface area contributed by atoms with Crippen LogP contribution in [0.3, 0.4) is 0 Å². The van der Waals surface area contributed by atoms with Crippen LogP contribution in [0, 0.1) is 5.41 Å². The van der Waals surface area contributed by atoms with Crippen molar-refractivity contribution in [3.05, 3.63) is 72.9 Å². The van der Waals surface area contributed by atoms with Crippen molar-refractivity contribution in [2.75, 3.05) is 66.9 Å². The highest BCUT2D eigenvalue weighted by atomic mass is 16.5. The van der Waals surface area contributed by atoms with E-state index in [0.717, 1.165) is 51.5 Å². The van der Waals surface area contributed by atoms with Crippen molar-refractivity contribution in [2.24, 2.45) is 5.41 Å². The van der Waals surface area contributed by atoms with Crippen molar-refractivity contribution in [1.29, 1.82) is 0 Å². The first kappa shape index (κ1) is 68.8. The third-order valence-corrected chi connectivity index (χ3v) is 13.2. The number of nitrogens with zero attached hydrogens (tertiary/aromatic N) is 1. The quantitative estimate of drug-likeness (QED) is 0.0344. The minimum atomic E-state index is -0.522. The van der Waals surface area contributed by atoms with E-state index < -0.39 is 5.41 Å². The molecule has 0 rings (SSSR count). The monoisotopic (exact) mass is 994 g/mol. The zero-order chi connectivity index (χ0) is 51.5. The molecule has 0 aliphatic heterocycles. The standard InChI is InChI=1S/C65H119NO5/c1-6-9-12-15-18-21-24-27-30-33-36-39-42-45-48-51-57-68-60-65(63-71-64(67)55-54-56-66(4)5,61-69-58-52-49-46-43-40-37-34-31-28-25-22-19-16-13-10-7-2)62-70-59-53-50-47-44-41-38-35-32-29-26-23-20-17-14-11-8-3/h18-23,27-32H,6-17,24-26,33-63H2,1-5H3/b21-18-,22-19-,23-20-,30-27-,31-28-,32-29-. The lowest BCUT2D eigenvalue weighted by molar-refractivity contribution is -0.156. The Kier molecular flexibility index (Phi) is 56.8. The Hall–Kier alpha value is -2.25. The molecule has 71 heavy (non-hydrogen) atoms. The second-order valence-corrected chi connectivity index (χ2v) is 21.0. The van der Waals surface area contributed by atoms with Gasteiger partial charge in [0, 0.05) is 26.2 Å². The Labute approximate surface area is 442 Å². The van der Waals surface area contributed by atoms with Gasteiger partial charge in [0.15, 0.2) is 0 Å². The Morgan fingerprint density at radius 2 is 0.634 bits per heavy atom. The van der Waals surface area contributed by atoms with E-state index in [4.69, 9.17) is 18.9 Å². The average Bonchev–Trinajstić information content (AvgIpc) is 3.36. The van der Waals surface area contributed by atoms with Gasteiger partial charge in [-0.15, -0.1) is 0 Å². The van der Waals surface area contributed by atoms with E-state index in [-0.39, 0.29) is 12.6 Å². The summed E-state index contributed by atoms with van der Waals surface area (Å²) < 4.78 is 25.4. The van der Waals surface area contributed by atoms with E-state index in [1.807, 2.05) is 14.1 Å². The van der Waals surface area contributed by atoms with Gasteiger partial charge < -0.3 is 23.8 Å². The molecular weight excluding hydrogens is 875 g/mol. The minimum absolute atomic E-state index is 0.142. The molecule has 0 saturated carbocycles. The van der Waals surface area contributed by atoms with Crippen LogP contribution in [0.2, 0.25) is 0 Å². The van der Waals surface area contributed by atoms with Crippen LogP contribution in [0.15, 0.2) is 72.9 Å². The Morgan fingerprint density at radius 1 is 0.352 bits per heavy atom.